The van der Waals surface area contributed by atoms with Gasteiger partial charge in [0.2, 0.25) is 0 Å². The third-order valence-electron chi connectivity index (χ3n) is 4.54. The number of amides is 1. The van der Waals surface area contributed by atoms with Gasteiger partial charge in [0, 0.05) is 16.9 Å². The monoisotopic (exact) mass is 406 g/mol. The molecule has 148 valence electrons. The van der Waals surface area contributed by atoms with Crippen LogP contribution in [0.1, 0.15) is 22.3 Å². The fourth-order valence-corrected chi connectivity index (χ4v) is 2.84. The summed E-state index contributed by atoms with van der Waals surface area (Å²) in [5.74, 6) is 0.396. The lowest BCUT2D eigenvalue weighted by Gasteiger charge is -2.09. The van der Waals surface area contributed by atoms with E-state index in [2.05, 4.69) is 10.3 Å². The van der Waals surface area contributed by atoms with Gasteiger partial charge >= 0.3 is 0 Å². The molecular formula is C24H23ClN2O2. The molecule has 1 N–H and O–H groups in total. The molecule has 4 nitrogen and oxygen atoms in total. The van der Waals surface area contributed by atoms with Gasteiger partial charge in [0.15, 0.2) is 6.61 Å². The Kier molecular flexibility index (Phi) is 6.68. The van der Waals surface area contributed by atoms with E-state index in [1.54, 1.807) is 6.21 Å². The number of hydrogen-bond acceptors (Lipinski definition) is 3. The fourth-order valence-electron chi connectivity index (χ4n) is 2.66. The van der Waals surface area contributed by atoms with Gasteiger partial charge < -0.3 is 10.1 Å². The third-order valence-corrected chi connectivity index (χ3v) is 4.94. The summed E-state index contributed by atoms with van der Waals surface area (Å²) in [5, 5.41) is 3.54. The van der Waals surface area contributed by atoms with Crippen molar-refractivity contribution in [2.75, 3.05) is 11.9 Å². The van der Waals surface area contributed by atoms with Crippen LogP contribution >= 0.6 is 11.6 Å². The van der Waals surface area contributed by atoms with Crippen molar-refractivity contribution in [1.29, 1.82) is 0 Å². The first-order valence-electron chi connectivity index (χ1n) is 9.31. The fraction of sp³-hybridized carbons (Fsp3) is 0.167. The van der Waals surface area contributed by atoms with Gasteiger partial charge in [-0.1, -0.05) is 35.9 Å². The molecule has 0 bridgehead atoms. The molecule has 3 rings (SSSR count). The number of benzene rings is 3. The number of nitrogens with zero attached hydrogens (tertiary/aromatic N) is 1. The molecule has 0 saturated carbocycles. The third kappa shape index (κ3) is 5.93. The van der Waals surface area contributed by atoms with Crippen molar-refractivity contribution in [3.63, 3.8) is 0 Å². The first-order chi connectivity index (χ1) is 13.9. The summed E-state index contributed by atoms with van der Waals surface area (Å²) < 4.78 is 5.63. The predicted molar refractivity (Wildman–Crippen MR) is 120 cm³/mol. The van der Waals surface area contributed by atoms with E-state index in [-0.39, 0.29) is 12.5 Å². The molecular weight excluding hydrogens is 384 g/mol. The van der Waals surface area contributed by atoms with Crippen LogP contribution in [0, 0.1) is 20.8 Å². The first kappa shape index (κ1) is 20.6. The van der Waals surface area contributed by atoms with Crippen molar-refractivity contribution in [1.82, 2.24) is 0 Å². The Labute approximate surface area is 176 Å². The molecule has 0 aromatic heterocycles. The summed E-state index contributed by atoms with van der Waals surface area (Å²) in [6.07, 6.45) is 1.74. The number of nitrogens with one attached hydrogen (secondary N) is 1. The van der Waals surface area contributed by atoms with E-state index in [0.717, 1.165) is 28.1 Å². The Morgan fingerprint density at radius 1 is 1.00 bits per heavy atom. The zero-order valence-corrected chi connectivity index (χ0v) is 17.5. The number of aliphatic imine (C=N–C) groups is 1. The lowest BCUT2D eigenvalue weighted by Crippen LogP contribution is -2.20. The molecule has 3 aromatic rings. The number of carbonyl (C=O) groups excluding carboxylic acids is 1. The highest BCUT2D eigenvalue weighted by atomic mass is 35.5. The van der Waals surface area contributed by atoms with Crippen molar-refractivity contribution in [2.24, 2.45) is 4.99 Å². The number of hydrogen-bond donors (Lipinski definition) is 1. The largest absolute Gasteiger partial charge is 0.484 e. The highest BCUT2D eigenvalue weighted by molar-refractivity contribution is 6.31. The summed E-state index contributed by atoms with van der Waals surface area (Å²) >= 11 is 6.13. The number of anilines is 1. The highest BCUT2D eigenvalue weighted by Crippen LogP contribution is 2.22. The van der Waals surface area contributed by atoms with Gasteiger partial charge in [-0.15, -0.1) is 0 Å². The average molecular weight is 407 g/mol. The number of aryl methyl sites for hydroxylation is 3. The number of ether oxygens (including phenoxy) is 1. The molecule has 0 fully saturated rings. The lowest BCUT2D eigenvalue weighted by molar-refractivity contribution is -0.118. The second kappa shape index (κ2) is 9.39. The van der Waals surface area contributed by atoms with Crippen LogP contribution in [0.4, 0.5) is 11.4 Å². The number of halogens is 1. The van der Waals surface area contributed by atoms with E-state index >= 15 is 0 Å². The lowest BCUT2D eigenvalue weighted by atomic mass is 10.1. The van der Waals surface area contributed by atoms with Crippen LogP contribution in [0.3, 0.4) is 0 Å². The molecule has 0 spiro atoms. The molecule has 3 aromatic carbocycles. The summed E-state index contributed by atoms with van der Waals surface area (Å²) in [6, 6.07) is 18.9. The number of carbonyl (C=O) groups is 1. The van der Waals surface area contributed by atoms with E-state index in [4.69, 9.17) is 16.3 Å². The summed E-state index contributed by atoms with van der Waals surface area (Å²) in [4.78, 5) is 16.6. The van der Waals surface area contributed by atoms with E-state index in [0.29, 0.717) is 10.8 Å². The zero-order chi connectivity index (χ0) is 20.8. The Balaban J connectivity index is 1.59. The van der Waals surface area contributed by atoms with Gasteiger partial charge in [-0.25, -0.2) is 0 Å². The Hall–Kier alpha value is -3.11. The zero-order valence-electron chi connectivity index (χ0n) is 16.7. The maximum atomic E-state index is 12.2. The molecule has 1 amide bonds. The van der Waals surface area contributed by atoms with Crippen molar-refractivity contribution in [2.45, 2.75) is 20.8 Å². The second-order valence-corrected chi connectivity index (χ2v) is 7.31. The van der Waals surface area contributed by atoms with E-state index < -0.39 is 0 Å². The molecule has 0 aliphatic rings. The van der Waals surface area contributed by atoms with Crippen molar-refractivity contribution in [3.8, 4) is 5.75 Å². The van der Waals surface area contributed by atoms with Crippen LogP contribution in [-0.2, 0) is 4.79 Å². The minimum atomic E-state index is -0.207. The second-order valence-electron chi connectivity index (χ2n) is 6.90. The predicted octanol–water partition coefficient (Wildman–Crippen LogP) is 6.03. The quantitative estimate of drug-likeness (QED) is 0.508. The Bertz CT molecular complexity index is 1060. The van der Waals surface area contributed by atoms with Gasteiger partial charge in [-0.3, -0.25) is 9.79 Å². The van der Waals surface area contributed by atoms with Gasteiger partial charge in [0.1, 0.15) is 5.75 Å². The maximum Gasteiger partial charge on any atom is 0.262 e. The number of rotatable bonds is 6. The average Bonchev–Trinajstić information content (AvgIpc) is 2.70. The van der Waals surface area contributed by atoms with Gasteiger partial charge in [0.25, 0.3) is 5.91 Å². The molecule has 0 aliphatic carbocycles. The van der Waals surface area contributed by atoms with Crippen LogP contribution in [-0.4, -0.2) is 18.7 Å². The molecule has 29 heavy (non-hydrogen) atoms. The minimum Gasteiger partial charge on any atom is -0.484 e. The molecule has 0 heterocycles. The van der Waals surface area contributed by atoms with Crippen LogP contribution in [0.15, 0.2) is 65.7 Å². The maximum absolute atomic E-state index is 12.2. The van der Waals surface area contributed by atoms with E-state index in [9.17, 15) is 4.79 Å². The van der Waals surface area contributed by atoms with Gasteiger partial charge in [-0.2, -0.15) is 0 Å². The smallest absolute Gasteiger partial charge is 0.262 e. The topological polar surface area (TPSA) is 50.7 Å². The molecule has 0 aliphatic heterocycles. The van der Waals surface area contributed by atoms with Gasteiger partial charge in [0.05, 0.1) is 5.69 Å². The minimum absolute atomic E-state index is 0.0684. The van der Waals surface area contributed by atoms with Crippen LogP contribution < -0.4 is 10.1 Å². The Morgan fingerprint density at radius 2 is 1.79 bits per heavy atom. The van der Waals surface area contributed by atoms with Crippen molar-refractivity contribution >= 4 is 35.1 Å². The molecule has 0 saturated heterocycles. The van der Waals surface area contributed by atoms with Crippen molar-refractivity contribution < 1.29 is 9.53 Å². The van der Waals surface area contributed by atoms with Crippen molar-refractivity contribution in [3.05, 3.63) is 87.9 Å². The first-order valence-corrected chi connectivity index (χ1v) is 9.69. The van der Waals surface area contributed by atoms with Crippen LogP contribution in [0.25, 0.3) is 0 Å². The van der Waals surface area contributed by atoms with Crippen LogP contribution in [0.2, 0.25) is 5.02 Å². The molecule has 5 heteroatoms. The summed E-state index contributed by atoms with van der Waals surface area (Å²) in [5.41, 5.74) is 5.74. The SMILES string of the molecule is Cc1ccc(NC(=O)COc2cccc(C=Nc3ccc(C)c(Cl)c3)c2)cc1C. The normalized spacial score (nSPS) is 10.9. The summed E-state index contributed by atoms with van der Waals surface area (Å²) in [7, 11) is 0. The van der Waals surface area contributed by atoms with E-state index in [1.807, 2.05) is 81.4 Å². The molecule has 0 unspecified atom stereocenters. The van der Waals surface area contributed by atoms with Crippen LogP contribution in [0.5, 0.6) is 5.75 Å². The standard InChI is InChI=1S/C24H23ClN2O2/c1-16-7-10-21(11-18(16)3)27-24(28)15-29-22-6-4-5-19(12-22)14-26-20-9-8-17(2)23(25)13-20/h4-14H,15H2,1-3H3,(H,27,28). The van der Waals surface area contributed by atoms with E-state index in [1.165, 1.54) is 5.56 Å². The highest BCUT2D eigenvalue weighted by Gasteiger charge is 2.05. The summed E-state index contributed by atoms with van der Waals surface area (Å²) in [6.45, 7) is 5.93. The molecule has 0 radical (unpaired) electrons. The Morgan fingerprint density at radius 3 is 2.55 bits per heavy atom. The molecule has 0 atom stereocenters. The van der Waals surface area contributed by atoms with Gasteiger partial charge in [-0.05, 0) is 79.4 Å².